The van der Waals surface area contributed by atoms with Crippen molar-refractivity contribution in [1.29, 1.82) is 0 Å². The molecule has 1 saturated carbocycles. The van der Waals surface area contributed by atoms with Crippen molar-refractivity contribution in [1.82, 2.24) is 0 Å². The molecule has 488 valence electrons. The van der Waals surface area contributed by atoms with Crippen LogP contribution >= 0.6 is 7.82 Å². The molecule has 20 atom stereocenters. The second-order valence-electron chi connectivity index (χ2n) is 23.2. The largest absolute Gasteiger partial charge is 0.502 e. The highest BCUT2D eigenvalue weighted by Gasteiger charge is 2.58. The Bertz CT molecular complexity index is 3360. The summed E-state index contributed by atoms with van der Waals surface area (Å²) in [6, 6.07) is 13.9. The van der Waals surface area contributed by atoms with Crippen LogP contribution in [-0.4, -0.2) is 190 Å². The monoisotopic (exact) mass is 1280 g/mol. The molecule has 30 heteroatoms. The van der Waals surface area contributed by atoms with Gasteiger partial charge in [-0.1, -0.05) is 0 Å². The highest BCUT2D eigenvalue weighted by atomic mass is 31.2. The number of esters is 1. The number of phosphoric ester groups is 1. The highest BCUT2D eigenvalue weighted by molar-refractivity contribution is 7.46. The summed E-state index contributed by atoms with van der Waals surface area (Å²) in [6.07, 6.45) is -12.7. The van der Waals surface area contributed by atoms with Gasteiger partial charge < -0.3 is 121 Å². The molecule has 0 aromatic heterocycles. The van der Waals surface area contributed by atoms with Gasteiger partial charge in [0.1, 0.15) is 54.6 Å². The molecule has 5 saturated heterocycles. The van der Waals surface area contributed by atoms with E-state index in [2.05, 4.69) is 4.52 Å². The Morgan fingerprint density at radius 1 is 0.544 bits per heavy atom. The number of ether oxygens (including phenoxy) is 18. The first kappa shape index (κ1) is 62.5. The molecular weight excluding hydrogens is 1220 g/mol. The van der Waals surface area contributed by atoms with Crippen LogP contribution in [0.25, 0.3) is 0 Å². The van der Waals surface area contributed by atoms with Crippen molar-refractivity contribution in [2.24, 2.45) is 23.7 Å². The van der Waals surface area contributed by atoms with Crippen LogP contribution in [0.2, 0.25) is 0 Å². The van der Waals surface area contributed by atoms with Crippen LogP contribution < -0.4 is 42.6 Å². The number of carbonyl (C=O) groups excluding carboxylic acids is 2. The van der Waals surface area contributed by atoms with E-state index in [-0.39, 0.29) is 79.6 Å². The Hall–Kier alpha value is -6.35. The van der Waals surface area contributed by atoms with Crippen LogP contribution in [-0.2, 0) is 61.3 Å². The van der Waals surface area contributed by atoms with Crippen LogP contribution in [0, 0.1) is 23.7 Å². The summed E-state index contributed by atoms with van der Waals surface area (Å²) in [4.78, 5) is 45.3. The SMILES string of the molecule is COc1cc([C@@H]2c3cc4c(cc3C(OC3O[C@@H]5COC(C)OC5C(O)C3O)[C@H]3CCC(=O)[C@H]23)OCO4)cc(OC)c1O.COc1cc([C@@H]2c3cc4c(cc3C(OC3O[C@@H]5COC(C)OC5C(O)C3O)[C@H]3COC(=O)[C@H]23)OCO4)cc(OC)c1OCOP(=O)(O)O. The smallest absolute Gasteiger partial charge is 0.472 e. The van der Waals surface area contributed by atoms with Gasteiger partial charge in [0.15, 0.2) is 71.2 Å². The zero-order valence-corrected chi connectivity index (χ0v) is 50.3. The number of carbonyl (C=O) groups is 2. The average Bonchev–Trinajstić information content (AvgIpc) is 1.42. The quantitative estimate of drug-likeness (QED) is 0.0541. The third-order valence-electron chi connectivity index (χ3n) is 18.3. The molecule has 7 heterocycles. The van der Waals surface area contributed by atoms with E-state index in [0.717, 1.165) is 16.7 Å². The normalized spacial score (nSPS) is 35.1. The summed E-state index contributed by atoms with van der Waals surface area (Å²) >= 11 is 0. The Balaban J connectivity index is 0.000000167. The lowest BCUT2D eigenvalue weighted by atomic mass is 9.66. The fourth-order valence-electron chi connectivity index (χ4n) is 14.2. The maximum absolute atomic E-state index is 13.6. The Morgan fingerprint density at radius 2 is 0.989 bits per heavy atom. The topological polar surface area (TPSA) is 368 Å². The van der Waals surface area contributed by atoms with Crippen LogP contribution in [0.4, 0.5) is 0 Å². The lowest BCUT2D eigenvalue weighted by Crippen LogP contribution is -2.63. The van der Waals surface area contributed by atoms with Crippen LogP contribution in [0.3, 0.4) is 0 Å². The molecule has 4 aromatic rings. The zero-order valence-electron chi connectivity index (χ0n) is 49.4. The van der Waals surface area contributed by atoms with Gasteiger partial charge in [-0.2, -0.15) is 0 Å². The number of cyclic esters (lactones) is 1. The number of ketones is 1. The van der Waals surface area contributed by atoms with Crippen molar-refractivity contribution in [3.05, 3.63) is 81.9 Å². The van der Waals surface area contributed by atoms with E-state index in [1.54, 1.807) is 50.2 Å². The predicted molar refractivity (Wildman–Crippen MR) is 297 cm³/mol. The number of phenols is 1. The van der Waals surface area contributed by atoms with Crippen LogP contribution in [0.15, 0.2) is 48.5 Å². The molecule has 14 rings (SSSR count). The molecule has 6 fully saturated rings. The molecule has 4 aromatic carbocycles. The molecule has 0 spiro atoms. The standard InChI is InChI=1S/C30H35O17P.C30H34O12/c1-12-39-9-21-28(45-12)24(31)25(32)30(46-21)47-26-15-7-18-17(41-10-42-18)6-14(15)22(23-16(26)8-40-29(23)33)13-4-19(37-2)27(20(5-13)38-3)43-11-44-48(34,35)36;1-12-37-10-22-29(40-12)26(33)27(34)30(41-22)42-28-14-4-5-17(31)24(14)23(13-6-20(35-2)25(32)21(7-13)36-3)15-8-18-19(9-16(15)28)39-11-38-18/h4-7,12,16,21-26,28,30-32H,8-11H2,1-3H3,(H2,34,35,36);6-9,12,14,22-24,26-30,32-34H,4-5,10-11H2,1-3H3/t12?,16-,21+,22+,23-,24?,25?,26?,28?,30?;12?,14-,22+,23+,24+,26?,27?,28?,29?,30?/m00/s1. The molecular formula is C60H69O29P. The van der Waals surface area contributed by atoms with Crippen molar-refractivity contribution < 1.29 is 139 Å². The maximum Gasteiger partial charge on any atom is 0.472 e. The van der Waals surface area contributed by atoms with Gasteiger partial charge in [-0.3, -0.25) is 9.59 Å². The molecule has 12 unspecified atom stereocenters. The molecule has 29 nitrogen and oxygen atoms in total. The minimum absolute atomic E-state index is 0.0102. The number of aliphatic hydroxyl groups is 4. The summed E-state index contributed by atoms with van der Waals surface area (Å²) in [7, 11) is 0.828. The predicted octanol–water partition coefficient (Wildman–Crippen LogP) is 3.22. The third-order valence-corrected chi connectivity index (χ3v) is 18.7. The number of benzene rings is 4. The Labute approximate surface area is 513 Å². The minimum Gasteiger partial charge on any atom is -0.502 e. The molecule has 3 aliphatic carbocycles. The van der Waals surface area contributed by atoms with Crippen LogP contribution in [0.1, 0.15) is 84.1 Å². The summed E-state index contributed by atoms with van der Waals surface area (Å²) in [6.45, 7) is 2.90. The lowest BCUT2D eigenvalue weighted by molar-refractivity contribution is -0.364. The average molecular weight is 1290 g/mol. The van der Waals surface area contributed by atoms with E-state index in [0.29, 0.717) is 52.5 Å². The van der Waals surface area contributed by atoms with Gasteiger partial charge in [0.2, 0.25) is 31.9 Å². The van der Waals surface area contributed by atoms with E-state index < -0.39 is 136 Å². The summed E-state index contributed by atoms with van der Waals surface area (Å²) in [5.41, 5.74) is 4.03. The number of hydrogen-bond donors (Lipinski definition) is 7. The van der Waals surface area contributed by atoms with Gasteiger partial charge in [-0.15, -0.1) is 0 Å². The number of fused-ring (bicyclic) bond motifs is 8. The second-order valence-corrected chi connectivity index (χ2v) is 24.5. The fraction of sp³-hybridized carbons (Fsp3) is 0.567. The van der Waals surface area contributed by atoms with Gasteiger partial charge in [0, 0.05) is 36.0 Å². The number of phosphoric acid groups is 1. The second kappa shape index (κ2) is 24.9. The fourth-order valence-corrected chi connectivity index (χ4v) is 14.4. The first-order chi connectivity index (χ1) is 43.2. The van der Waals surface area contributed by atoms with Crippen molar-refractivity contribution in [2.45, 2.75) is 125 Å². The van der Waals surface area contributed by atoms with E-state index in [1.807, 2.05) is 12.1 Å². The number of methoxy groups -OCH3 is 4. The van der Waals surface area contributed by atoms with Gasteiger partial charge in [0.25, 0.3) is 0 Å². The number of aliphatic hydroxyl groups excluding tert-OH is 4. The minimum atomic E-state index is -4.82. The molecule has 7 aliphatic heterocycles. The lowest BCUT2D eigenvalue weighted by Gasteiger charge is -2.48. The summed E-state index contributed by atoms with van der Waals surface area (Å²) < 4.78 is 119. The van der Waals surface area contributed by atoms with Crippen molar-refractivity contribution in [2.75, 3.05) is 68.6 Å². The Kier molecular flexibility index (Phi) is 17.3. The van der Waals surface area contributed by atoms with E-state index in [9.17, 15) is 39.7 Å². The summed E-state index contributed by atoms with van der Waals surface area (Å²) in [5.74, 6) is -1.18. The van der Waals surface area contributed by atoms with E-state index in [4.69, 9.17) is 95.1 Å². The van der Waals surface area contributed by atoms with Crippen molar-refractivity contribution in [3.63, 3.8) is 0 Å². The number of aromatic hydroxyl groups is 1. The molecule has 0 radical (unpaired) electrons. The number of rotatable bonds is 14. The molecule has 10 aliphatic rings. The van der Waals surface area contributed by atoms with Gasteiger partial charge in [-0.05, 0) is 102 Å². The van der Waals surface area contributed by atoms with Crippen molar-refractivity contribution >= 4 is 19.6 Å². The maximum atomic E-state index is 13.6. The zero-order chi connectivity index (χ0) is 63.2. The summed E-state index contributed by atoms with van der Waals surface area (Å²) in [5, 5.41) is 54.7. The van der Waals surface area contributed by atoms with Gasteiger partial charge in [-0.25, -0.2) is 9.09 Å². The van der Waals surface area contributed by atoms with Crippen molar-refractivity contribution in [3.8, 4) is 57.5 Å². The van der Waals surface area contributed by atoms with Gasteiger partial charge in [0.05, 0.1) is 66.4 Å². The first-order valence-corrected chi connectivity index (χ1v) is 30.8. The van der Waals surface area contributed by atoms with E-state index in [1.165, 1.54) is 28.4 Å². The van der Waals surface area contributed by atoms with Gasteiger partial charge >= 0.3 is 13.8 Å². The third kappa shape index (κ3) is 11.3. The number of phenolic OH excluding ortho intramolecular Hbond substituents is 1. The number of hydrogen-bond acceptors (Lipinski definition) is 27. The Morgan fingerprint density at radius 3 is 1.46 bits per heavy atom. The molecule has 0 amide bonds. The van der Waals surface area contributed by atoms with E-state index >= 15 is 0 Å². The van der Waals surface area contributed by atoms with Crippen LogP contribution in [0.5, 0.6) is 57.5 Å². The molecule has 90 heavy (non-hydrogen) atoms. The number of Topliss-reactive ketones (excluding diaryl/α,β-unsaturated/α-hetero) is 1. The first-order valence-electron chi connectivity index (χ1n) is 29.2. The highest BCUT2D eigenvalue weighted by Crippen LogP contribution is 2.60. The molecule has 7 N–H and O–H groups in total. The molecule has 0 bridgehead atoms.